The first-order valence-corrected chi connectivity index (χ1v) is 8.22. The maximum absolute atomic E-state index is 12.3. The lowest BCUT2D eigenvalue weighted by atomic mass is 10.4. The second kappa shape index (κ2) is 6.83. The van der Waals surface area contributed by atoms with Crippen LogP contribution in [0.25, 0.3) is 0 Å². The van der Waals surface area contributed by atoms with E-state index < -0.39 is 10.0 Å². The lowest BCUT2D eigenvalue weighted by molar-refractivity contribution is 0.578. The first-order valence-electron chi connectivity index (χ1n) is 6.74. The average Bonchev–Trinajstić information content (AvgIpc) is 3.08. The molecule has 0 amide bonds. The average molecular weight is 312 g/mol. The van der Waals surface area contributed by atoms with E-state index in [1.165, 1.54) is 6.33 Å². The molecular weight excluding hydrogens is 292 g/mol. The number of rotatable bonds is 8. The molecular formula is C12H20N6O2S. The van der Waals surface area contributed by atoms with Crippen molar-refractivity contribution in [1.29, 1.82) is 0 Å². The minimum absolute atomic E-state index is 0.0860. The second-order valence-corrected chi connectivity index (χ2v) is 6.41. The highest BCUT2D eigenvalue weighted by atomic mass is 32.2. The number of nitrogens with zero attached hydrogens (tertiary/aromatic N) is 3. The van der Waals surface area contributed by atoms with Crippen LogP contribution in [0.3, 0.4) is 0 Å². The Morgan fingerprint density at radius 2 is 2.19 bits per heavy atom. The molecule has 0 aliphatic heterocycles. The highest BCUT2D eigenvalue weighted by Crippen LogP contribution is 2.15. The van der Waals surface area contributed by atoms with Crippen LogP contribution < -0.4 is 10.0 Å². The van der Waals surface area contributed by atoms with Crippen LogP contribution in [-0.2, 0) is 29.7 Å². The summed E-state index contributed by atoms with van der Waals surface area (Å²) in [6, 6.07) is 1.69. The highest BCUT2D eigenvalue weighted by molar-refractivity contribution is 7.89. The van der Waals surface area contributed by atoms with Gasteiger partial charge in [-0.15, -0.1) is 0 Å². The Balaban J connectivity index is 2.16. The van der Waals surface area contributed by atoms with Gasteiger partial charge in [-0.25, -0.2) is 18.1 Å². The van der Waals surface area contributed by atoms with Crippen molar-refractivity contribution in [1.82, 2.24) is 29.8 Å². The molecule has 0 aliphatic carbocycles. The summed E-state index contributed by atoms with van der Waals surface area (Å²) in [5.74, 6) is 0.474. The molecule has 2 aromatic rings. The molecule has 0 unspecified atom stereocenters. The first-order chi connectivity index (χ1) is 10.1. The maximum Gasteiger partial charge on any atom is 0.242 e. The van der Waals surface area contributed by atoms with Gasteiger partial charge >= 0.3 is 0 Å². The van der Waals surface area contributed by atoms with Crippen LogP contribution >= 0.6 is 0 Å². The summed E-state index contributed by atoms with van der Waals surface area (Å²) in [7, 11) is -1.73. The quantitative estimate of drug-likeness (QED) is 0.646. The van der Waals surface area contributed by atoms with Crippen LogP contribution in [0.5, 0.6) is 0 Å². The zero-order valence-corrected chi connectivity index (χ0v) is 12.9. The third-order valence-corrected chi connectivity index (χ3v) is 4.36. The van der Waals surface area contributed by atoms with E-state index in [0.29, 0.717) is 12.4 Å². The third-order valence-electron chi connectivity index (χ3n) is 2.99. The Bertz CT molecular complexity index is 638. The topological polar surface area (TPSA) is 105 Å². The van der Waals surface area contributed by atoms with Crippen LogP contribution in [0.4, 0.5) is 0 Å². The monoisotopic (exact) mass is 312 g/mol. The highest BCUT2D eigenvalue weighted by Gasteiger charge is 2.18. The van der Waals surface area contributed by atoms with Gasteiger partial charge < -0.3 is 9.88 Å². The molecule has 0 spiro atoms. The summed E-state index contributed by atoms with van der Waals surface area (Å²) in [6.45, 7) is 3.55. The van der Waals surface area contributed by atoms with Crippen molar-refractivity contribution >= 4 is 10.0 Å². The van der Waals surface area contributed by atoms with E-state index >= 15 is 0 Å². The molecule has 0 saturated carbocycles. The minimum atomic E-state index is -3.56. The minimum Gasteiger partial charge on any atom is -0.349 e. The van der Waals surface area contributed by atoms with Crippen LogP contribution in [0.1, 0.15) is 24.9 Å². The fraction of sp³-hybridized carbons (Fsp3) is 0.500. The van der Waals surface area contributed by atoms with Crippen LogP contribution in [0.2, 0.25) is 0 Å². The molecule has 116 valence electrons. The Morgan fingerprint density at radius 3 is 2.81 bits per heavy atom. The largest absolute Gasteiger partial charge is 0.349 e. The van der Waals surface area contributed by atoms with Crippen molar-refractivity contribution in [3.8, 4) is 0 Å². The van der Waals surface area contributed by atoms with Crippen molar-refractivity contribution in [2.75, 3.05) is 7.05 Å². The molecule has 21 heavy (non-hydrogen) atoms. The number of hydrogen-bond donors (Lipinski definition) is 3. The molecule has 0 aliphatic rings. The van der Waals surface area contributed by atoms with Crippen LogP contribution in [-0.4, -0.2) is 35.2 Å². The molecule has 0 saturated heterocycles. The smallest absolute Gasteiger partial charge is 0.242 e. The Hall–Kier alpha value is -1.71. The van der Waals surface area contributed by atoms with E-state index in [1.54, 1.807) is 12.3 Å². The van der Waals surface area contributed by atoms with Crippen molar-refractivity contribution in [2.24, 2.45) is 0 Å². The maximum atomic E-state index is 12.3. The summed E-state index contributed by atoms with van der Waals surface area (Å²) < 4.78 is 29.1. The normalized spacial score (nSPS) is 11.9. The third kappa shape index (κ3) is 3.90. The van der Waals surface area contributed by atoms with Gasteiger partial charge in [0.05, 0.1) is 11.4 Å². The van der Waals surface area contributed by atoms with Gasteiger partial charge in [-0.05, 0) is 19.5 Å². The van der Waals surface area contributed by atoms with Gasteiger partial charge in [0.2, 0.25) is 10.0 Å². The Morgan fingerprint density at radius 1 is 1.38 bits per heavy atom. The van der Waals surface area contributed by atoms with Crippen molar-refractivity contribution in [2.45, 2.75) is 37.9 Å². The van der Waals surface area contributed by atoms with E-state index in [9.17, 15) is 8.42 Å². The SMILES string of the molecule is CCCn1cc(S(=O)(=O)NCc2ncn[nH]2)cc1CNC. The molecule has 0 bridgehead atoms. The molecule has 0 fully saturated rings. The Labute approximate surface area is 124 Å². The summed E-state index contributed by atoms with van der Waals surface area (Å²) in [6.07, 6.45) is 3.95. The standard InChI is InChI=1S/C12H20N6O2S/c1-3-4-18-8-11(5-10(18)6-13-2)21(19,20)16-7-12-14-9-15-17-12/h5,8-9,13,16H,3-4,6-7H2,1-2H3,(H,14,15,17). The van der Waals surface area contributed by atoms with E-state index in [-0.39, 0.29) is 11.4 Å². The Kier molecular flexibility index (Phi) is 5.10. The molecule has 9 heteroatoms. The van der Waals surface area contributed by atoms with E-state index in [4.69, 9.17) is 0 Å². The zero-order valence-electron chi connectivity index (χ0n) is 12.1. The predicted molar refractivity (Wildman–Crippen MR) is 77.9 cm³/mol. The van der Waals surface area contributed by atoms with Gasteiger partial charge in [0.1, 0.15) is 12.2 Å². The fourth-order valence-corrected chi connectivity index (χ4v) is 3.06. The van der Waals surface area contributed by atoms with Gasteiger partial charge in [0.25, 0.3) is 0 Å². The number of H-pyrrole nitrogens is 1. The predicted octanol–water partition coefficient (Wildman–Crippen LogP) is 0.214. The van der Waals surface area contributed by atoms with E-state index in [0.717, 1.165) is 18.7 Å². The summed E-state index contributed by atoms with van der Waals surface area (Å²) >= 11 is 0. The summed E-state index contributed by atoms with van der Waals surface area (Å²) in [5.41, 5.74) is 0.944. The van der Waals surface area contributed by atoms with E-state index in [2.05, 4.69) is 32.1 Å². The zero-order chi connectivity index (χ0) is 15.3. The fourth-order valence-electron chi connectivity index (χ4n) is 2.01. The molecule has 2 aromatic heterocycles. The lowest BCUT2D eigenvalue weighted by Gasteiger charge is -2.06. The van der Waals surface area contributed by atoms with Crippen LogP contribution in [0.15, 0.2) is 23.5 Å². The molecule has 2 heterocycles. The molecule has 2 rings (SSSR count). The molecule has 3 N–H and O–H groups in total. The first kappa shape index (κ1) is 15.7. The lowest BCUT2D eigenvalue weighted by Crippen LogP contribution is -2.23. The second-order valence-electron chi connectivity index (χ2n) is 4.65. The molecule has 8 nitrogen and oxygen atoms in total. The number of aromatic amines is 1. The molecule has 0 aromatic carbocycles. The van der Waals surface area contributed by atoms with Gasteiger partial charge in [0.15, 0.2) is 0 Å². The molecule has 0 atom stereocenters. The number of hydrogen-bond acceptors (Lipinski definition) is 5. The number of aromatic nitrogens is 4. The summed E-state index contributed by atoms with van der Waals surface area (Å²) in [5, 5.41) is 9.34. The molecule has 0 radical (unpaired) electrons. The van der Waals surface area contributed by atoms with Gasteiger partial charge in [-0.3, -0.25) is 5.10 Å². The number of sulfonamides is 1. The van der Waals surface area contributed by atoms with Crippen molar-refractivity contribution in [3.63, 3.8) is 0 Å². The van der Waals surface area contributed by atoms with Crippen LogP contribution in [0, 0.1) is 0 Å². The van der Waals surface area contributed by atoms with E-state index in [1.807, 2.05) is 11.6 Å². The van der Waals surface area contributed by atoms with Crippen molar-refractivity contribution < 1.29 is 8.42 Å². The van der Waals surface area contributed by atoms with Crippen molar-refractivity contribution in [3.05, 3.63) is 30.1 Å². The van der Waals surface area contributed by atoms with Gasteiger partial charge in [0, 0.05) is 25.0 Å². The van der Waals surface area contributed by atoms with Gasteiger partial charge in [-0.1, -0.05) is 6.92 Å². The number of aryl methyl sites for hydroxylation is 1. The van der Waals surface area contributed by atoms with Gasteiger partial charge in [-0.2, -0.15) is 5.10 Å². The number of nitrogens with one attached hydrogen (secondary N) is 3. The summed E-state index contributed by atoms with van der Waals surface area (Å²) in [4.78, 5) is 4.15.